The van der Waals surface area contributed by atoms with Crippen molar-refractivity contribution in [3.8, 4) is 11.6 Å². The molecule has 8 nitrogen and oxygen atoms in total. The molecule has 0 unspecified atom stereocenters. The van der Waals surface area contributed by atoms with Crippen molar-refractivity contribution >= 4 is 11.7 Å². The van der Waals surface area contributed by atoms with E-state index in [9.17, 15) is 14.9 Å². The summed E-state index contributed by atoms with van der Waals surface area (Å²) in [5.41, 5.74) is -1.08. The van der Waals surface area contributed by atoms with Gasteiger partial charge in [-0.15, -0.1) is 5.10 Å². The molecule has 2 rings (SSSR count). The maximum absolute atomic E-state index is 11.1. The van der Waals surface area contributed by atoms with Crippen LogP contribution >= 0.6 is 0 Å². The van der Waals surface area contributed by atoms with Gasteiger partial charge in [0.05, 0.1) is 4.92 Å². The molecule has 19 heavy (non-hydrogen) atoms. The van der Waals surface area contributed by atoms with E-state index in [1.807, 2.05) is 0 Å². The first-order valence-corrected chi connectivity index (χ1v) is 5.06. The number of carbonyl (C=O) groups is 1. The second kappa shape index (κ2) is 5.08. The van der Waals surface area contributed by atoms with Crippen molar-refractivity contribution in [2.45, 2.75) is 0 Å². The molecule has 0 amide bonds. The van der Waals surface area contributed by atoms with Crippen LogP contribution in [-0.2, 0) is 0 Å². The van der Waals surface area contributed by atoms with Gasteiger partial charge in [-0.25, -0.2) is 4.79 Å². The summed E-state index contributed by atoms with van der Waals surface area (Å²) in [7, 11) is 0. The molecule has 0 spiro atoms. The van der Waals surface area contributed by atoms with Crippen molar-refractivity contribution in [3.05, 3.63) is 52.2 Å². The molecule has 0 atom stereocenters. The van der Waals surface area contributed by atoms with Crippen LogP contribution in [0.2, 0.25) is 0 Å². The first-order chi connectivity index (χ1) is 9.09. The maximum Gasteiger partial charge on any atom is 0.346 e. The number of hydrogen-bond acceptors (Lipinski definition) is 6. The Bertz CT molecular complexity index is 629. The highest BCUT2D eigenvalue weighted by atomic mass is 16.6. The number of nitro groups is 1. The molecule has 96 valence electrons. The first-order valence-electron chi connectivity index (χ1n) is 5.06. The van der Waals surface area contributed by atoms with Crippen LogP contribution in [0.3, 0.4) is 0 Å². The van der Waals surface area contributed by atoms with Crippen LogP contribution in [0.1, 0.15) is 10.4 Å². The molecular weight excluding hydrogens is 254 g/mol. The van der Waals surface area contributed by atoms with E-state index in [-0.39, 0.29) is 11.6 Å². The van der Waals surface area contributed by atoms with Crippen molar-refractivity contribution in [2.24, 2.45) is 0 Å². The van der Waals surface area contributed by atoms with Crippen LogP contribution in [0.15, 0.2) is 36.5 Å². The van der Waals surface area contributed by atoms with Crippen LogP contribution < -0.4 is 4.74 Å². The third-order valence-corrected chi connectivity index (χ3v) is 2.18. The number of nitro benzene ring substituents is 1. The van der Waals surface area contributed by atoms with Gasteiger partial charge in [0, 0.05) is 18.3 Å². The minimum absolute atomic E-state index is 0.0468. The summed E-state index contributed by atoms with van der Waals surface area (Å²) in [6.07, 6.45) is 1.42. The molecule has 1 N–H and O–H groups in total. The lowest BCUT2D eigenvalue weighted by Gasteiger charge is -2.07. The normalized spacial score (nSPS) is 9.89. The number of hydrogen-bond donors (Lipinski definition) is 1. The lowest BCUT2D eigenvalue weighted by Crippen LogP contribution is -2.05. The van der Waals surface area contributed by atoms with E-state index in [0.717, 1.165) is 6.07 Å². The number of nitrogens with zero attached hydrogens (tertiary/aromatic N) is 3. The summed E-state index contributed by atoms with van der Waals surface area (Å²) >= 11 is 0. The molecule has 1 heterocycles. The Hall–Kier alpha value is -3.03. The highest BCUT2D eigenvalue weighted by molar-refractivity contribution is 5.95. The van der Waals surface area contributed by atoms with Gasteiger partial charge >= 0.3 is 5.97 Å². The Kier molecular flexibility index (Phi) is 3.33. The number of ether oxygens (including phenoxy) is 1. The summed E-state index contributed by atoms with van der Waals surface area (Å²) in [5.74, 6) is -1.57. The second-order valence-corrected chi connectivity index (χ2v) is 3.38. The molecule has 0 saturated heterocycles. The lowest BCUT2D eigenvalue weighted by molar-refractivity contribution is -0.385. The topological polar surface area (TPSA) is 115 Å². The third kappa shape index (κ3) is 2.63. The van der Waals surface area contributed by atoms with Gasteiger partial charge in [0.2, 0.25) is 5.88 Å². The molecule has 0 aliphatic heterocycles. The summed E-state index contributed by atoms with van der Waals surface area (Å²) in [6, 6.07) is 6.73. The van der Waals surface area contributed by atoms with E-state index in [1.54, 1.807) is 6.07 Å². The fourth-order valence-corrected chi connectivity index (χ4v) is 1.43. The summed E-state index contributed by atoms with van der Waals surface area (Å²) in [4.78, 5) is 21.1. The average molecular weight is 261 g/mol. The Balaban J connectivity index is 2.48. The summed E-state index contributed by atoms with van der Waals surface area (Å²) < 4.78 is 5.20. The number of carboxylic acids is 1. The van der Waals surface area contributed by atoms with Crippen LogP contribution in [0.5, 0.6) is 11.6 Å². The highest BCUT2D eigenvalue weighted by Gasteiger charge is 2.25. The summed E-state index contributed by atoms with van der Waals surface area (Å²) in [5, 5.41) is 27.0. The van der Waals surface area contributed by atoms with Gasteiger partial charge in [-0.05, 0) is 12.1 Å². The monoisotopic (exact) mass is 261 g/mol. The number of rotatable bonds is 4. The van der Waals surface area contributed by atoms with Gasteiger partial charge < -0.3 is 9.84 Å². The SMILES string of the molecule is O=C(O)c1c(Oc2cccnn2)cccc1[N+](=O)[O-]. The highest BCUT2D eigenvalue weighted by Crippen LogP contribution is 2.30. The lowest BCUT2D eigenvalue weighted by atomic mass is 10.1. The van der Waals surface area contributed by atoms with E-state index >= 15 is 0 Å². The van der Waals surface area contributed by atoms with E-state index in [2.05, 4.69) is 10.2 Å². The van der Waals surface area contributed by atoms with Gasteiger partial charge in [-0.2, -0.15) is 5.10 Å². The fraction of sp³-hybridized carbons (Fsp3) is 0. The summed E-state index contributed by atoms with van der Waals surface area (Å²) in [6.45, 7) is 0. The smallest absolute Gasteiger partial charge is 0.346 e. The Morgan fingerprint density at radius 1 is 1.32 bits per heavy atom. The van der Waals surface area contributed by atoms with Crippen molar-refractivity contribution in [1.29, 1.82) is 0 Å². The van der Waals surface area contributed by atoms with Gasteiger partial charge in [-0.1, -0.05) is 6.07 Å². The largest absolute Gasteiger partial charge is 0.477 e. The average Bonchev–Trinajstić information content (AvgIpc) is 2.39. The van der Waals surface area contributed by atoms with Gasteiger partial charge in [0.25, 0.3) is 5.69 Å². The molecule has 0 saturated carbocycles. The third-order valence-electron chi connectivity index (χ3n) is 2.18. The molecule has 0 fully saturated rings. The molecule has 1 aromatic carbocycles. The zero-order chi connectivity index (χ0) is 13.8. The molecule has 1 aromatic heterocycles. The zero-order valence-electron chi connectivity index (χ0n) is 9.39. The van der Waals surface area contributed by atoms with Crippen LogP contribution in [0.25, 0.3) is 0 Å². The van der Waals surface area contributed by atoms with E-state index in [4.69, 9.17) is 9.84 Å². The molecule has 0 bridgehead atoms. The maximum atomic E-state index is 11.1. The van der Waals surface area contributed by atoms with E-state index < -0.39 is 22.1 Å². The van der Waals surface area contributed by atoms with E-state index in [0.29, 0.717) is 0 Å². The van der Waals surface area contributed by atoms with E-state index in [1.165, 1.54) is 24.4 Å². The molecule has 2 aromatic rings. The Morgan fingerprint density at radius 2 is 2.11 bits per heavy atom. The zero-order valence-corrected chi connectivity index (χ0v) is 9.39. The second-order valence-electron chi connectivity index (χ2n) is 3.38. The number of benzene rings is 1. The van der Waals surface area contributed by atoms with Crippen molar-refractivity contribution in [2.75, 3.05) is 0 Å². The fourth-order valence-electron chi connectivity index (χ4n) is 1.43. The quantitative estimate of drug-likeness (QED) is 0.659. The Morgan fingerprint density at radius 3 is 2.68 bits per heavy atom. The van der Waals surface area contributed by atoms with Crippen molar-refractivity contribution < 1.29 is 19.6 Å². The molecule has 0 aliphatic carbocycles. The number of carboxylic acid groups (broad SMARTS) is 1. The number of aromatic nitrogens is 2. The standard InChI is InChI=1S/C11H7N3O5/c15-11(16)10-7(14(17)18)3-1-4-8(10)19-9-5-2-6-12-13-9/h1-6H,(H,15,16). The molecule has 0 radical (unpaired) electrons. The predicted octanol–water partition coefficient (Wildman–Crippen LogP) is 1.88. The molecule has 8 heteroatoms. The molecule has 0 aliphatic rings. The van der Waals surface area contributed by atoms with Gasteiger partial charge in [-0.3, -0.25) is 10.1 Å². The van der Waals surface area contributed by atoms with Crippen LogP contribution in [-0.4, -0.2) is 26.2 Å². The minimum Gasteiger partial charge on any atom is -0.477 e. The molecular formula is C11H7N3O5. The first kappa shape index (κ1) is 12.4. The van der Waals surface area contributed by atoms with Gasteiger partial charge in [0.15, 0.2) is 11.3 Å². The number of aromatic carboxylic acids is 1. The predicted molar refractivity (Wildman–Crippen MR) is 62.2 cm³/mol. The van der Waals surface area contributed by atoms with Crippen LogP contribution in [0, 0.1) is 10.1 Å². The Labute approximate surface area is 106 Å². The van der Waals surface area contributed by atoms with Crippen molar-refractivity contribution in [3.63, 3.8) is 0 Å². The minimum atomic E-state index is -1.45. The van der Waals surface area contributed by atoms with Crippen molar-refractivity contribution in [1.82, 2.24) is 10.2 Å². The van der Waals surface area contributed by atoms with Crippen LogP contribution in [0.4, 0.5) is 5.69 Å². The van der Waals surface area contributed by atoms with Gasteiger partial charge in [0.1, 0.15) is 0 Å².